The number of alkyl halides is 1. The number of carboxylic acids is 1. The molecule has 8 nitrogen and oxygen atoms in total. The van der Waals surface area contributed by atoms with Gasteiger partial charge in [0.05, 0.1) is 20.9 Å². The van der Waals surface area contributed by atoms with Crippen LogP contribution in [0.1, 0.15) is 10.4 Å². The maximum Gasteiger partial charge on any atom is 0.352 e. The maximum absolute atomic E-state index is 12.4. The zero-order chi connectivity index (χ0) is 21.3. The minimum absolute atomic E-state index is 0.0394. The average molecular weight is 523 g/mol. The normalized spacial score (nSPS) is 20.7. The number of carboxylic acid groups (broad SMARTS) is 1. The number of nitrogens with zero attached hydrogens (tertiary/aromatic N) is 1. The van der Waals surface area contributed by atoms with E-state index in [2.05, 4.69) is 26.6 Å². The lowest BCUT2D eigenvalue weighted by Gasteiger charge is -2.49. The van der Waals surface area contributed by atoms with Crippen LogP contribution >= 0.6 is 50.9 Å². The van der Waals surface area contributed by atoms with Gasteiger partial charge in [0.1, 0.15) is 17.1 Å². The molecule has 3 N–H and O–H groups in total. The lowest BCUT2D eigenvalue weighted by atomic mass is 10.0. The minimum Gasteiger partial charge on any atom is -0.477 e. The fraction of sp³-hybridized carbons (Fsp3) is 0.294. The number of hydrogen-bond acceptors (Lipinski definition) is 5. The van der Waals surface area contributed by atoms with E-state index < -0.39 is 29.2 Å². The summed E-state index contributed by atoms with van der Waals surface area (Å²) in [4.78, 5) is 49.3. The van der Waals surface area contributed by atoms with Crippen LogP contribution in [0.2, 0.25) is 10.0 Å². The van der Waals surface area contributed by atoms with Gasteiger partial charge in [-0.1, -0.05) is 45.2 Å². The first-order valence-corrected chi connectivity index (χ1v) is 11.2. The Kier molecular flexibility index (Phi) is 6.77. The first-order valence-electron chi connectivity index (χ1n) is 8.23. The van der Waals surface area contributed by atoms with Gasteiger partial charge >= 0.3 is 5.97 Å². The van der Waals surface area contributed by atoms with E-state index in [9.17, 15) is 24.3 Å². The third kappa shape index (κ3) is 4.25. The Hall–Kier alpha value is -1.75. The summed E-state index contributed by atoms with van der Waals surface area (Å²) >= 11 is 16.4. The number of β-lactam (4-membered cyclic amide) rings is 1. The van der Waals surface area contributed by atoms with Crippen molar-refractivity contribution in [3.8, 4) is 0 Å². The number of rotatable bonds is 6. The van der Waals surface area contributed by atoms with Crippen LogP contribution in [0.15, 0.2) is 29.5 Å². The van der Waals surface area contributed by atoms with E-state index in [4.69, 9.17) is 23.2 Å². The van der Waals surface area contributed by atoms with Crippen LogP contribution in [0.5, 0.6) is 0 Å². The molecule has 2 atom stereocenters. The standard InChI is InChI=1S/C17H14BrCl2N3O5S/c18-4-10(24)22-12-15(26)23-13(17(27)28)7(6-29-16(12)23)5-21-14(25)11-8(19)2-1-3-9(11)20/h1-3,12,16H,4-6H2,(H,21,25)(H,22,24)(H,27,28)/t12?,16-/m0/s1. The summed E-state index contributed by atoms with van der Waals surface area (Å²) in [6.45, 7) is -0.0933. The van der Waals surface area contributed by atoms with Crippen LogP contribution in [0.3, 0.4) is 0 Å². The van der Waals surface area contributed by atoms with Crippen LogP contribution in [0, 0.1) is 0 Å². The molecule has 3 amide bonds. The highest BCUT2D eigenvalue weighted by Gasteiger charge is 2.54. The molecular formula is C17H14BrCl2N3O5S. The molecule has 0 saturated carbocycles. The van der Waals surface area contributed by atoms with Gasteiger partial charge in [-0.05, 0) is 17.7 Å². The second-order valence-electron chi connectivity index (χ2n) is 6.13. The topological polar surface area (TPSA) is 116 Å². The summed E-state index contributed by atoms with van der Waals surface area (Å²) in [6.07, 6.45) is 0. The summed E-state index contributed by atoms with van der Waals surface area (Å²) in [6, 6.07) is 3.86. The molecule has 0 radical (unpaired) electrons. The van der Waals surface area contributed by atoms with Gasteiger partial charge in [-0.25, -0.2) is 4.79 Å². The monoisotopic (exact) mass is 521 g/mol. The van der Waals surface area contributed by atoms with E-state index in [0.29, 0.717) is 5.57 Å². The van der Waals surface area contributed by atoms with E-state index in [0.717, 1.165) is 4.90 Å². The minimum atomic E-state index is -1.28. The third-order valence-corrected chi connectivity index (χ3v) is 6.82. The van der Waals surface area contributed by atoms with Gasteiger partial charge in [-0.2, -0.15) is 0 Å². The van der Waals surface area contributed by atoms with Gasteiger partial charge in [-0.3, -0.25) is 19.3 Å². The van der Waals surface area contributed by atoms with Gasteiger partial charge in [0.15, 0.2) is 0 Å². The highest BCUT2D eigenvalue weighted by Crippen LogP contribution is 2.40. The first-order chi connectivity index (χ1) is 13.8. The molecule has 1 aromatic carbocycles. The van der Waals surface area contributed by atoms with E-state index in [1.807, 2.05) is 0 Å². The number of nitrogens with one attached hydrogen (secondary N) is 2. The zero-order valence-corrected chi connectivity index (χ0v) is 18.5. The van der Waals surface area contributed by atoms with E-state index in [-0.39, 0.29) is 44.8 Å². The third-order valence-electron chi connectivity index (χ3n) is 4.34. The SMILES string of the molecule is O=C(CBr)NC1C(=O)N2C(C(=O)O)=C(CNC(=O)c3c(Cl)cccc3Cl)CS[C@@H]12. The number of thioether (sulfide) groups is 1. The van der Waals surface area contributed by atoms with Crippen molar-refractivity contribution in [3.05, 3.63) is 45.1 Å². The van der Waals surface area contributed by atoms with Crippen LogP contribution in [-0.2, 0) is 14.4 Å². The summed E-state index contributed by atoms with van der Waals surface area (Å²) in [5, 5.41) is 14.7. The molecule has 0 aromatic heterocycles. The van der Waals surface area contributed by atoms with E-state index in [1.165, 1.54) is 23.9 Å². The molecule has 1 fully saturated rings. The zero-order valence-electron chi connectivity index (χ0n) is 14.6. The lowest BCUT2D eigenvalue weighted by Crippen LogP contribution is -2.70. The Labute approximate surface area is 188 Å². The van der Waals surface area contributed by atoms with Gasteiger partial charge in [0.25, 0.3) is 11.8 Å². The fourth-order valence-corrected chi connectivity index (χ4v) is 5.10. The van der Waals surface area contributed by atoms with Crippen LogP contribution in [-0.4, -0.2) is 62.7 Å². The smallest absolute Gasteiger partial charge is 0.352 e. The number of benzene rings is 1. The lowest BCUT2D eigenvalue weighted by molar-refractivity contribution is -0.150. The number of amides is 3. The average Bonchev–Trinajstić information content (AvgIpc) is 2.69. The maximum atomic E-state index is 12.4. The predicted octanol–water partition coefficient (Wildman–Crippen LogP) is 1.86. The molecule has 2 aliphatic heterocycles. The predicted molar refractivity (Wildman–Crippen MR) is 112 cm³/mol. The molecule has 1 unspecified atom stereocenters. The van der Waals surface area contributed by atoms with Crippen molar-refractivity contribution in [1.82, 2.24) is 15.5 Å². The Bertz CT molecular complexity index is 921. The van der Waals surface area contributed by atoms with Crippen LogP contribution in [0.4, 0.5) is 0 Å². The van der Waals surface area contributed by atoms with Gasteiger partial charge < -0.3 is 15.7 Å². The molecule has 1 saturated heterocycles. The van der Waals surface area contributed by atoms with Crippen LogP contribution < -0.4 is 10.6 Å². The summed E-state index contributed by atoms with van der Waals surface area (Å²) in [5.41, 5.74) is 0.273. The highest BCUT2D eigenvalue weighted by molar-refractivity contribution is 9.09. The van der Waals surface area contributed by atoms with Gasteiger partial charge in [-0.15, -0.1) is 11.8 Å². The molecule has 2 heterocycles. The number of fused-ring (bicyclic) bond motifs is 1. The molecule has 0 aliphatic carbocycles. The second-order valence-corrected chi connectivity index (χ2v) is 8.61. The number of carbonyl (C=O) groups excluding carboxylic acids is 3. The molecular weight excluding hydrogens is 509 g/mol. The molecule has 154 valence electrons. The number of hydrogen-bond donors (Lipinski definition) is 3. The van der Waals surface area contributed by atoms with E-state index in [1.54, 1.807) is 6.07 Å². The Balaban J connectivity index is 1.77. The summed E-state index contributed by atoms with van der Waals surface area (Å²) in [7, 11) is 0. The molecule has 12 heteroatoms. The summed E-state index contributed by atoms with van der Waals surface area (Å²) in [5.74, 6) is -2.44. The first kappa shape index (κ1) is 21.9. The van der Waals surface area contributed by atoms with Crippen molar-refractivity contribution in [3.63, 3.8) is 0 Å². The molecule has 1 aromatic rings. The number of aliphatic carboxylic acids is 1. The van der Waals surface area contributed by atoms with E-state index >= 15 is 0 Å². The van der Waals surface area contributed by atoms with Crippen molar-refractivity contribution in [2.75, 3.05) is 17.6 Å². The number of carbonyl (C=O) groups is 4. The van der Waals surface area contributed by atoms with Crippen molar-refractivity contribution in [1.29, 1.82) is 0 Å². The largest absolute Gasteiger partial charge is 0.477 e. The quantitative estimate of drug-likeness (QED) is 0.388. The van der Waals surface area contributed by atoms with Crippen molar-refractivity contribution >= 4 is 74.6 Å². The second kappa shape index (κ2) is 8.95. The van der Waals surface area contributed by atoms with Crippen molar-refractivity contribution < 1.29 is 24.3 Å². The fourth-order valence-electron chi connectivity index (χ4n) is 3.02. The molecule has 2 aliphatic rings. The molecule has 29 heavy (non-hydrogen) atoms. The molecule has 3 rings (SSSR count). The van der Waals surface area contributed by atoms with Crippen molar-refractivity contribution in [2.45, 2.75) is 11.4 Å². The Morgan fingerprint density at radius 1 is 1.28 bits per heavy atom. The summed E-state index contributed by atoms with van der Waals surface area (Å²) < 4.78 is 0. The molecule has 0 spiro atoms. The highest BCUT2D eigenvalue weighted by atomic mass is 79.9. The Morgan fingerprint density at radius 3 is 2.52 bits per heavy atom. The van der Waals surface area contributed by atoms with Crippen LogP contribution in [0.25, 0.3) is 0 Å². The van der Waals surface area contributed by atoms with Crippen molar-refractivity contribution in [2.24, 2.45) is 0 Å². The van der Waals surface area contributed by atoms with Gasteiger partial charge in [0, 0.05) is 12.3 Å². The van der Waals surface area contributed by atoms with Gasteiger partial charge in [0.2, 0.25) is 5.91 Å². The number of halogens is 3. The molecule has 0 bridgehead atoms. The Morgan fingerprint density at radius 2 is 1.93 bits per heavy atom.